The van der Waals surface area contributed by atoms with Crippen molar-refractivity contribution in [2.45, 2.75) is 45.1 Å². The number of hydrogen-bond acceptors (Lipinski definition) is 4. The normalized spacial score (nSPS) is 24.3. The Kier molecular flexibility index (Phi) is 8.56. The zero-order chi connectivity index (χ0) is 14.3. The third-order valence-corrected chi connectivity index (χ3v) is 4.32. The maximum absolute atomic E-state index is 11.8. The van der Waals surface area contributed by atoms with Gasteiger partial charge in [0.1, 0.15) is 0 Å². The molecular weight excluding hydrogens is 292 g/mol. The molecule has 0 bridgehead atoms. The van der Waals surface area contributed by atoms with E-state index in [2.05, 4.69) is 17.6 Å². The molecule has 0 spiro atoms. The summed E-state index contributed by atoms with van der Waals surface area (Å²) < 4.78 is 11.0. The van der Waals surface area contributed by atoms with Crippen LogP contribution in [0.4, 0.5) is 0 Å². The topological polar surface area (TPSA) is 59.6 Å². The zero-order valence-electron chi connectivity index (χ0n) is 13.0. The molecule has 0 saturated carbocycles. The quantitative estimate of drug-likeness (QED) is 0.698. The SMILES string of the molecule is CC1(CNC(=O)CCOCC2CCCO2)CCNCC1.Cl. The van der Waals surface area contributed by atoms with Crippen LogP contribution in [-0.2, 0) is 14.3 Å². The van der Waals surface area contributed by atoms with Crippen molar-refractivity contribution in [2.24, 2.45) is 5.41 Å². The first kappa shape index (κ1) is 18.7. The van der Waals surface area contributed by atoms with E-state index >= 15 is 0 Å². The molecule has 21 heavy (non-hydrogen) atoms. The summed E-state index contributed by atoms with van der Waals surface area (Å²) in [6.07, 6.45) is 5.15. The standard InChI is InChI=1S/C15H28N2O3.ClH/c1-15(5-7-16-8-6-15)12-17-14(18)4-10-19-11-13-3-2-9-20-13;/h13,16H,2-12H2,1H3,(H,17,18);1H. The largest absolute Gasteiger partial charge is 0.378 e. The highest BCUT2D eigenvalue weighted by atomic mass is 35.5. The molecule has 2 N–H and O–H groups in total. The number of carbonyl (C=O) groups excluding carboxylic acids is 1. The van der Waals surface area contributed by atoms with Crippen LogP contribution in [0.5, 0.6) is 0 Å². The number of piperidine rings is 1. The molecule has 0 aliphatic carbocycles. The van der Waals surface area contributed by atoms with Crippen molar-refractivity contribution in [1.29, 1.82) is 0 Å². The highest BCUT2D eigenvalue weighted by Gasteiger charge is 2.26. The predicted octanol–water partition coefficient (Wildman–Crippen LogP) is 1.50. The molecule has 2 rings (SSSR count). The van der Waals surface area contributed by atoms with E-state index in [1.165, 1.54) is 0 Å². The van der Waals surface area contributed by atoms with E-state index in [-0.39, 0.29) is 29.8 Å². The molecule has 0 radical (unpaired) electrons. The van der Waals surface area contributed by atoms with Crippen LogP contribution in [0.1, 0.15) is 39.0 Å². The number of nitrogens with one attached hydrogen (secondary N) is 2. The van der Waals surface area contributed by atoms with Crippen molar-refractivity contribution in [3.63, 3.8) is 0 Å². The Labute approximate surface area is 133 Å². The van der Waals surface area contributed by atoms with E-state index in [9.17, 15) is 4.79 Å². The van der Waals surface area contributed by atoms with Gasteiger partial charge in [0.05, 0.1) is 19.3 Å². The Bertz CT molecular complexity index is 303. The fraction of sp³-hybridized carbons (Fsp3) is 0.933. The second-order valence-electron chi connectivity index (χ2n) is 6.30. The molecule has 1 unspecified atom stereocenters. The smallest absolute Gasteiger partial charge is 0.222 e. The summed E-state index contributed by atoms with van der Waals surface area (Å²) in [5, 5.41) is 6.39. The van der Waals surface area contributed by atoms with Crippen molar-refractivity contribution in [2.75, 3.05) is 39.5 Å². The lowest BCUT2D eigenvalue weighted by molar-refractivity contribution is -0.123. The highest BCUT2D eigenvalue weighted by molar-refractivity contribution is 5.85. The summed E-state index contributed by atoms with van der Waals surface area (Å²) in [5.41, 5.74) is 0.249. The van der Waals surface area contributed by atoms with Crippen LogP contribution < -0.4 is 10.6 Å². The molecule has 5 nitrogen and oxygen atoms in total. The van der Waals surface area contributed by atoms with E-state index in [1.54, 1.807) is 0 Å². The van der Waals surface area contributed by atoms with Crippen molar-refractivity contribution < 1.29 is 14.3 Å². The summed E-state index contributed by atoms with van der Waals surface area (Å²) >= 11 is 0. The Morgan fingerprint density at radius 2 is 2.19 bits per heavy atom. The number of carbonyl (C=O) groups is 1. The van der Waals surface area contributed by atoms with Crippen LogP contribution in [0.15, 0.2) is 0 Å². The van der Waals surface area contributed by atoms with Crippen molar-refractivity contribution in [3.8, 4) is 0 Å². The second-order valence-corrected chi connectivity index (χ2v) is 6.30. The summed E-state index contributed by atoms with van der Waals surface area (Å²) in [4.78, 5) is 11.8. The van der Waals surface area contributed by atoms with Crippen LogP contribution in [0.25, 0.3) is 0 Å². The Morgan fingerprint density at radius 3 is 2.86 bits per heavy atom. The molecule has 2 fully saturated rings. The molecule has 2 aliphatic rings. The second kappa shape index (κ2) is 9.62. The minimum absolute atomic E-state index is 0. The number of ether oxygens (including phenoxy) is 2. The fourth-order valence-electron chi connectivity index (χ4n) is 2.76. The lowest BCUT2D eigenvalue weighted by Crippen LogP contribution is -2.43. The van der Waals surface area contributed by atoms with E-state index in [1.807, 2.05) is 0 Å². The van der Waals surface area contributed by atoms with Gasteiger partial charge in [-0.2, -0.15) is 0 Å². The van der Waals surface area contributed by atoms with E-state index in [0.29, 0.717) is 19.6 Å². The van der Waals surface area contributed by atoms with Gasteiger partial charge in [-0.15, -0.1) is 12.4 Å². The first-order chi connectivity index (χ1) is 9.68. The van der Waals surface area contributed by atoms with Crippen LogP contribution >= 0.6 is 12.4 Å². The molecule has 0 aromatic carbocycles. The minimum Gasteiger partial charge on any atom is -0.378 e. The molecule has 2 saturated heterocycles. The molecule has 0 aromatic rings. The molecule has 0 aromatic heterocycles. The maximum Gasteiger partial charge on any atom is 0.222 e. The van der Waals surface area contributed by atoms with Crippen LogP contribution in [0.3, 0.4) is 0 Å². The minimum atomic E-state index is 0. The van der Waals surface area contributed by atoms with Crippen LogP contribution in [-0.4, -0.2) is 51.5 Å². The molecule has 2 aliphatic heterocycles. The van der Waals surface area contributed by atoms with Crippen molar-refractivity contribution in [3.05, 3.63) is 0 Å². The first-order valence-corrected chi connectivity index (χ1v) is 7.85. The Morgan fingerprint density at radius 1 is 1.43 bits per heavy atom. The average Bonchev–Trinajstić information content (AvgIpc) is 2.96. The molecule has 1 amide bonds. The Hall–Kier alpha value is -0.360. The Balaban J connectivity index is 0.00000220. The van der Waals surface area contributed by atoms with Crippen LogP contribution in [0, 0.1) is 5.41 Å². The van der Waals surface area contributed by atoms with Gasteiger partial charge in [-0.25, -0.2) is 0 Å². The molecule has 6 heteroatoms. The summed E-state index contributed by atoms with van der Waals surface area (Å²) in [5.74, 6) is 0.0945. The zero-order valence-corrected chi connectivity index (χ0v) is 13.8. The molecule has 124 valence electrons. The predicted molar refractivity (Wildman–Crippen MR) is 84.9 cm³/mol. The third-order valence-electron chi connectivity index (χ3n) is 4.32. The molecular formula is C15H29ClN2O3. The number of amides is 1. The monoisotopic (exact) mass is 320 g/mol. The molecule has 1 atom stereocenters. The lowest BCUT2D eigenvalue weighted by atomic mass is 9.81. The van der Waals surface area contributed by atoms with Gasteiger partial charge in [0, 0.05) is 19.6 Å². The summed E-state index contributed by atoms with van der Waals surface area (Å²) in [7, 11) is 0. The van der Waals surface area contributed by atoms with E-state index < -0.39 is 0 Å². The van der Waals surface area contributed by atoms with Gasteiger partial charge < -0.3 is 20.1 Å². The van der Waals surface area contributed by atoms with Gasteiger partial charge in [0.15, 0.2) is 0 Å². The highest BCUT2D eigenvalue weighted by Crippen LogP contribution is 2.26. The van der Waals surface area contributed by atoms with Gasteiger partial charge in [-0.05, 0) is 44.2 Å². The van der Waals surface area contributed by atoms with Crippen LogP contribution in [0.2, 0.25) is 0 Å². The van der Waals surface area contributed by atoms with Gasteiger partial charge in [-0.1, -0.05) is 6.92 Å². The summed E-state index contributed by atoms with van der Waals surface area (Å²) in [6.45, 7) is 7.09. The van der Waals surface area contributed by atoms with Gasteiger partial charge in [0.25, 0.3) is 0 Å². The van der Waals surface area contributed by atoms with E-state index in [0.717, 1.165) is 51.9 Å². The number of rotatable bonds is 7. The van der Waals surface area contributed by atoms with Gasteiger partial charge in [-0.3, -0.25) is 4.79 Å². The van der Waals surface area contributed by atoms with E-state index in [4.69, 9.17) is 9.47 Å². The van der Waals surface area contributed by atoms with Gasteiger partial charge >= 0.3 is 0 Å². The lowest BCUT2D eigenvalue weighted by Gasteiger charge is -2.34. The van der Waals surface area contributed by atoms with Crippen molar-refractivity contribution in [1.82, 2.24) is 10.6 Å². The average molecular weight is 321 g/mol. The maximum atomic E-state index is 11.8. The third kappa shape index (κ3) is 6.96. The number of halogens is 1. The number of hydrogen-bond donors (Lipinski definition) is 2. The van der Waals surface area contributed by atoms with Gasteiger partial charge in [0.2, 0.25) is 5.91 Å². The molecule has 2 heterocycles. The van der Waals surface area contributed by atoms with Crippen molar-refractivity contribution >= 4 is 18.3 Å². The fourth-order valence-corrected chi connectivity index (χ4v) is 2.76. The first-order valence-electron chi connectivity index (χ1n) is 7.85. The summed E-state index contributed by atoms with van der Waals surface area (Å²) in [6, 6.07) is 0.